The Morgan fingerprint density at radius 1 is 1.18 bits per heavy atom. The van der Waals surface area contributed by atoms with E-state index >= 15 is 0 Å². The summed E-state index contributed by atoms with van der Waals surface area (Å²) in [4.78, 5) is 26.8. The van der Waals surface area contributed by atoms with E-state index in [1.807, 2.05) is 24.3 Å². The molecule has 1 heterocycles. The summed E-state index contributed by atoms with van der Waals surface area (Å²) in [5.41, 5.74) is 2.95. The van der Waals surface area contributed by atoms with Gasteiger partial charge in [0.25, 0.3) is 11.6 Å². The van der Waals surface area contributed by atoms with Crippen LogP contribution in [0.1, 0.15) is 18.1 Å². The number of nitrogens with zero attached hydrogens (tertiary/aromatic N) is 2. The summed E-state index contributed by atoms with van der Waals surface area (Å²) in [5, 5.41) is 13.5. The van der Waals surface area contributed by atoms with E-state index in [1.54, 1.807) is 0 Å². The number of carbonyl (C=O) groups is 1. The Morgan fingerprint density at radius 2 is 1.91 bits per heavy atom. The second-order valence-corrected chi connectivity index (χ2v) is 4.92. The highest BCUT2D eigenvalue weighted by molar-refractivity contribution is 6.54. The molecule has 6 heteroatoms. The predicted octanol–water partition coefficient (Wildman–Crippen LogP) is 3.23. The molecule has 0 unspecified atom stereocenters. The molecule has 1 aliphatic rings. The summed E-state index contributed by atoms with van der Waals surface area (Å²) in [5.74, 6) is -0.352. The average molecular weight is 295 g/mol. The van der Waals surface area contributed by atoms with Gasteiger partial charge in [-0.05, 0) is 30.2 Å². The van der Waals surface area contributed by atoms with Gasteiger partial charge < -0.3 is 5.32 Å². The van der Waals surface area contributed by atoms with E-state index in [0.717, 1.165) is 6.42 Å². The molecule has 0 atom stereocenters. The van der Waals surface area contributed by atoms with Crippen LogP contribution in [-0.2, 0) is 11.2 Å². The SMILES string of the molecule is CCc1ccc(N=C2C(=O)Nc3ccc([N+](=O)[O-])cc32)cc1. The zero-order chi connectivity index (χ0) is 15.7. The first-order valence-electron chi connectivity index (χ1n) is 6.86. The number of anilines is 1. The van der Waals surface area contributed by atoms with Crippen LogP contribution in [0.2, 0.25) is 0 Å². The number of fused-ring (bicyclic) bond motifs is 1. The van der Waals surface area contributed by atoms with Crippen molar-refractivity contribution in [3.05, 3.63) is 63.7 Å². The smallest absolute Gasteiger partial charge is 0.275 e. The number of hydrogen-bond acceptors (Lipinski definition) is 4. The van der Waals surface area contributed by atoms with Crippen molar-refractivity contribution < 1.29 is 9.72 Å². The lowest BCUT2D eigenvalue weighted by molar-refractivity contribution is -0.384. The maximum atomic E-state index is 12.0. The van der Waals surface area contributed by atoms with Crippen LogP contribution >= 0.6 is 0 Å². The molecule has 0 bridgehead atoms. The number of aryl methyl sites for hydroxylation is 1. The lowest BCUT2D eigenvalue weighted by Crippen LogP contribution is -2.13. The predicted molar refractivity (Wildman–Crippen MR) is 83.7 cm³/mol. The Balaban J connectivity index is 2.04. The van der Waals surface area contributed by atoms with Gasteiger partial charge in [-0.25, -0.2) is 4.99 Å². The molecule has 0 spiro atoms. The second kappa shape index (κ2) is 5.40. The van der Waals surface area contributed by atoms with E-state index in [-0.39, 0.29) is 17.3 Å². The zero-order valence-corrected chi connectivity index (χ0v) is 11.9. The molecule has 0 aromatic heterocycles. The minimum atomic E-state index is -0.489. The van der Waals surface area contributed by atoms with Gasteiger partial charge in [-0.2, -0.15) is 0 Å². The van der Waals surface area contributed by atoms with E-state index in [0.29, 0.717) is 16.9 Å². The second-order valence-electron chi connectivity index (χ2n) is 4.92. The molecule has 0 radical (unpaired) electrons. The third-order valence-corrected chi connectivity index (χ3v) is 3.52. The van der Waals surface area contributed by atoms with Gasteiger partial charge in [0.2, 0.25) is 0 Å². The number of rotatable bonds is 3. The highest BCUT2D eigenvalue weighted by Gasteiger charge is 2.28. The molecular weight excluding hydrogens is 282 g/mol. The molecule has 110 valence electrons. The summed E-state index contributed by atoms with van der Waals surface area (Å²) >= 11 is 0. The largest absolute Gasteiger partial charge is 0.320 e. The average Bonchev–Trinajstić information content (AvgIpc) is 2.83. The molecular formula is C16H13N3O3. The van der Waals surface area contributed by atoms with Gasteiger partial charge in [-0.3, -0.25) is 14.9 Å². The number of nitrogens with one attached hydrogen (secondary N) is 1. The Bertz CT molecular complexity index is 795. The lowest BCUT2D eigenvalue weighted by Gasteiger charge is -2.00. The molecule has 0 fully saturated rings. The standard InChI is InChI=1S/C16H13N3O3/c1-2-10-3-5-11(6-4-10)17-15-13-9-12(19(21)22)7-8-14(13)18-16(15)20/h3-9H,2H2,1H3,(H,17,18,20). The van der Waals surface area contributed by atoms with Crippen LogP contribution in [0, 0.1) is 10.1 Å². The Labute approximate surface area is 126 Å². The molecule has 2 aromatic carbocycles. The summed E-state index contributed by atoms with van der Waals surface area (Å²) in [6.07, 6.45) is 0.923. The number of carbonyl (C=O) groups excluding carboxylic acids is 1. The third-order valence-electron chi connectivity index (χ3n) is 3.52. The molecule has 22 heavy (non-hydrogen) atoms. The van der Waals surface area contributed by atoms with Gasteiger partial charge in [0.1, 0.15) is 5.71 Å². The number of aliphatic imine (C=N–C) groups is 1. The van der Waals surface area contributed by atoms with Crippen molar-refractivity contribution in [2.75, 3.05) is 5.32 Å². The molecule has 0 saturated heterocycles. The summed E-state index contributed by atoms with van der Waals surface area (Å²) < 4.78 is 0. The minimum Gasteiger partial charge on any atom is -0.320 e. The maximum absolute atomic E-state index is 12.0. The van der Waals surface area contributed by atoms with Crippen LogP contribution in [0.15, 0.2) is 47.5 Å². The van der Waals surface area contributed by atoms with Crippen LogP contribution in [-0.4, -0.2) is 16.5 Å². The van der Waals surface area contributed by atoms with Gasteiger partial charge in [0.15, 0.2) is 0 Å². The fraction of sp³-hybridized carbons (Fsp3) is 0.125. The number of non-ortho nitro benzene ring substituents is 1. The van der Waals surface area contributed by atoms with Crippen molar-refractivity contribution in [3.63, 3.8) is 0 Å². The fourth-order valence-electron chi connectivity index (χ4n) is 2.30. The van der Waals surface area contributed by atoms with Crippen molar-refractivity contribution >= 4 is 28.7 Å². The Morgan fingerprint density at radius 3 is 2.55 bits per heavy atom. The van der Waals surface area contributed by atoms with E-state index in [1.165, 1.54) is 23.8 Å². The van der Waals surface area contributed by atoms with Gasteiger partial charge in [0.05, 0.1) is 16.3 Å². The fourth-order valence-corrected chi connectivity index (χ4v) is 2.30. The molecule has 0 saturated carbocycles. The first-order chi connectivity index (χ1) is 10.6. The van der Waals surface area contributed by atoms with Gasteiger partial charge >= 0.3 is 0 Å². The first-order valence-corrected chi connectivity index (χ1v) is 6.86. The van der Waals surface area contributed by atoms with Crippen LogP contribution in [0.4, 0.5) is 17.1 Å². The van der Waals surface area contributed by atoms with E-state index < -0.39 is 4.92 Å². The van der Waals surface area contributed by atoms with Crippen molar-refractivity contribution in [1.29, 1.82) is 0 Å². The van der Waals surface area contributed by atoms with Crippen molar-refractivity contribution in [2.45, 2.75) is 13.3 Å². The van der Waals surface area contributed by atoms with Gasteiger partial charge in [-0.1, -0.05) is 19.1 Å². The minimum absolute atomic E-state index is 0.0655. The molecule has 1 aliphatic heterocycles. The summed E-state index contributed by atoms with van der Waals surface area (Å²) in [6.45, 7) is 2.06. The highest BCUT2D eigenvalue weighted by Crippen LogP contribution is 2.29. The number of nitro groups is 1. The quantitative estimate of drug-likeness (QED) is 0.696. The molecule has 3 rings (SSSR count). The molecule has 0 aliphatic carbocycles. The number of benzene rings is 2. The number of nitro benzene ring substituents is 1. The number of amides is 1. The zero-order valence-electron chi connectivity index (χ0n) is 11.9. The molecule has 1 amide bonds. The molecule has 2 aromatic rings. The van der Waals surface area contributed by atoms with Gasteiger partial charge in [-0.15, -0.1) is 0 Å². The van der Waals surface area contributed by atoms with Crippen molar-refractivity contribution in [2.24, 2.45) is 4.99 Å². The normalized spacial score (nSPS) is 14.8. The third kappa shape index (κ3) is 2.46. The Hall–Kier alpha value is -3.02. The van der Waals surface area contributed by atoms with E-state index in [2.05, 4.69) is 17.2 Å². The van der Waals surface area contributed by atoms with Crippen LogP contribution in [0.5, 0.6) is 0 Å². The Kier molecular flexibility index (Phi) is 3.42. The molecule has 6 nitrogen and oxygen atoms in total. The monoisotopic (exact) mass is 295 g/mol. The van der Waals surface area contributed by atoms with E-state index in [4.69, 9.17) is 0 Å². The van der Waals surface area contributed by atoms with E-state index in [9.17, 15) is 14.9 Å². The molecule has 1 N–H and O–H groups in total. The first kappa shape index (κ1) is 13.9. The van der Waals surface area contributed by atoms with Crippen molar-refractivity contribution in [3.8, 4) is 0 Å². The van der Waals surface area contributed by atoms with Gasteiger partial charge in [0, 0.05) is 17.7 Å². The van der Waals surface area contributed by atoms with Crippen LogP contribution in [0.25, 0.3) is 0 Å². The number of hydrogen-bond donors (Lipinski definition) is 1. The highest BCUT2D eigenvalue weighted by atomic mass is 16.6. The summed E-state index contributed by atoms with van der Waals surface area (Å²) in [6, 6.07) is 11.8. The summed E-state index contributed by atoms with van der Waals surface area (Å²) in [7, 11) is 0. The van der Waals surface area contributed by atoms with Crippen LogP contribution < -0.4 is 5.32 Å². The maximum Gasteiger partial charge on any atom is 0.275 e. The van der Waals surface area contributed by atoms with Crippen LogP contribution in [0.3, 0.4) is 0 Å². The lowest BCUT2D eigenvalue weighted by atomic mass is 10.1. The topological polar surface area (TPSA) is 84.6 Å². The van der Waals surface area contributed by atoms with Crippen molar-refractivity contribution in [1.82, 2.24) is 0 Å².